The van der Waals surface area contributed by atoms with Gasteiger partial charge < -0.3 is 20.7 Å². The van der Waals surface area contributed by atoms with E-state index in [-0.39, 0.29) is 17.9 Å². The van der Waals surface area contributed by atoms with Crippen LogP contribution in [0.1, 0.15) is 67.3 Å². The van der Waals surface area contributed by atoms with Gasteiger partial charge in [-0.25, -0.2) is 0 Å². The molecule has 5 rings (SSSR count). The minimum absolute atomic E-state index is 0.0146. The Bertz CT molecular complexity index is 1250. The summed E-state index contributed by atoms with van der Waals surface area (Å²) in [5, 5.41) is 22.8. The van der Waals surface area contributed by atoms with Gasteiger partial charge in [0.1, 0.15) is 5.75 Å². The molecule has 0 saturated heterocycles. The highest BCUT2D eigenvalue weighted by Crippen LogP contribution is 2.56. The second kappa shape index (κ2) is 10.5. The van der Waals surface area contributed by atoms with Crippen LogP contribution in [-0.4, -0.2) is 82.6 Å². The Kier molecular flexibility index (Phi) is 7.48. The molecule has 1 aromatic rings. The van der Waals surface area contributed by atoms with Crippen molar-refractivity contribution in [1.29, 1.82) is 0 Å². The fourth-order valence-corrected chi connectivity index (χ4v) is 8.20. The maximum atomic E-state index is 14.3. The number of carbonyl (C=O) groups is 5. The first-order valence-corrected chi connectivity index (χ1v) is 14.2. The third kappa shape index (κ3) is 4.06. The van der Waals surface area contributed by atoms with Crippen LogP contribution in [0.15, 0.2) is 18.2 Å². The van der Waals surface area contributed by atoms with E-state index in [4.69, 9.17) is 10.5 Å². The quantitative estimate of drug-likeness (QED) is 0.423. The van der Waals surface area contributed by atoms with Crippen LogP contribution in [0.4, 0.5) is 0 Å². The highest BCUT2D eigenvalue weighted by molar-refractivity contribution is 6.32. The summed E-state index contributed by atoms with van der Waals surface area (Å²) >= 11 is 0. The first kappa shape index (κ1) is 28.6. The zero-order valence-corrected chi connectivity index (χ0v) is 23.2. The third-order valence-corrected chi connectivity index (χ3v) is 9.84. The molecule has 4 N–H and O–H groups in total. The van der Waals surface area contributed by atoms with E-state index in [1.54, 1.807) is 33.2 Å². The standard InChI is InChI=1S/C30H38N2O8/c1-4-40-26-19-16(13-12-14-8-5-6-9-14)15-10-7-11-17(33)18(15)24(34)20(19)27(36)30(39)22(26)23(32(2)3)25(35)21(28(30)37)29(31)38/h7,10-11,14,16,19-23,26,33,39H,4-6,8-9,12-13H2,1-3H3,(H2,31,38)/t16-,19+,20?,21?,22+,23-,26-,30-/m1/s1. The molecule has 1 amide bonds. The van der Waals surface area contributed by atoms with Gasteiger partial charge in [-0.05, 0) is 57.3 Å². The van der Waals surface area contributed by atoms with Gasteiger partial charge in [-0.3, -0.25) is 28.9 Å². The summed E-state index contributed by atoms with van der Waals surface area (Å²) in [4.78, 5) is 69.4. The first-order chi connectivity index (χ1) is 19.0. The van der Waals surface area contributed by atoms with Crippen LogP contribution >= 0.6 is 0 Å². The minimum atomic E-state index is -2.85. The van der Waals surface area contributed by atoms with E-state index in [2.05, 4.69) is 0 Å². The van der Waals surface area contributed by atoms with Crippen LogP contribution in [-0.2, 0) is 23.9 Å². The molecule has 4 aliphatic rings. The number of hydrogen-bond acceptors (Lipinski definition) is 9. The van der Waals surface area contributed by atoms with Gasteiger partial charge in [0.25, 0.3) is 0 Å². The number of primary amides is 1. The zero-order valence-electron chi connectivity index (χ0n) is 23.2. The van der Waals surface area contributed by atoms with E-state index >= 15 is 0 Å². The third-order valence-electron chi connectivity index (χ3n) is 9.84. The van der Waals surface area contributed by atoms with Gasteiger partial charge in [0.05, 0.1) is 29.5 Å². The van der Waals surface area contributed by atoms with E-state index < -0.39 is 76.4 Å². The second-order valence-electron chi connectivity index (χ2n) is 12.1. The van der Waals surface area contributed by atoms with Gasteiger partial charge in [0.2, 0.25) is 5.91 Å². The lowest BCUT2D eigenvalue weighted by molar-refractivity contribution is -0.202. The summed E-state index contributed by atoms with van der Waals surface area (Å²) in [5.74, 6) is -11.0. The van der Waals surface area contributed by atoms with Gasteiger partial charge >= 0.3 is 0 Å². The van der Waals surface area contributed by atoms with Gasteiger partial charge in [-0.2, -0.15) is 0 Å². The summed E-state index contributed by atoms with van der Waals surface area (Å²) in [7, 11) is 3.13. The topological polar surface area (TPSA) is 164 Å². The first-order valence-electron chi connectivity index (χ1n) is 14.2. The van der Waals surface area contributed by atoms with Crippen molar-refractivity contribution >= 4 is 29.0 Å². The molecule has 4 aliphatic carbocycles. The van der Waals surface area contributed by atoms with Gasteiger partial charge in [0, 0.05) is 12.5 Å². The van der Waals surface area contributed by atoms with Crippen LogP contribution in [0, 0.1) is 29.6 Å². The van der Waals surface area contributed by atoms with Crippen molar-refractivity contribution in [3.05, 3.63) is 29.3 Å². The number of aliphatic hydroxyl groups is 1. The maximum absolute atomic E-state index is 14.3. The molecule has 0 aliphatic heterocycles. The van der Waals surface area contributed by atoms with E-state index in [1.165, 1.54) is 11.0 Å². The van der Waals surface area contributed by atoms with E-state index in [0.29, 0.717) is 17.9 Å². The predicted molar refractivity (Wildman–Crippen MR) is 142 cm³/mol. The van der Waals surface area contributed by atoms with Crippen molar-refractivity contribution in [2.24, 2.45) is 35.3 Å². The number of rotatable bonds is 7. The smallest absolute Gasteiger partial charge is 0.235 e. The summed E-state index contributed by atoms with van der Waals surface area (Å²) in [5.41, 5.74) is 3.21. The number of aromatic hydroxyl groups is 1. The summed E-state index contributed by atoms with van der Waals surface area (Å²) in [6.07, 6.45) is 4.92. The Morgan fingerprint density at radius 1 is 1.10 bits per heavy atom. The van der Waals surface area contributed by atoms with E-state index in [1.807, 2.05) is 0 Å². The second-order valence-corrected chi connectivity index (χ2v) is 12.1. The van der Waals surface area contributed by atoms with Crippen LogP contribution in [0.5, 0.6) is 5.75 Å². The molecule has 10 heteroatoms. The number of likely N-dealkylation sites (N-methyl/N-ethyl adjacent to an activating group) is 1. The minimum Gasteiger partial charge on any atom is -0.507 e. The van der Waals surface area contributed by atoms with Crippen molar-refractivity contribution in [3.63, 3.8) is 0 Å². The molecule has 0 heterocycles. The number of nitrogens with two attached hydrogens (primary N) is 1. The molecule has 0 aromatic heterocycles. The van der Waals surface area contributed by atoms with Crippen LogP contribution in [0.3, 0.4) is 0 Å². The normalized spacial score (nSPS) is 36.0. The average Bonchev–Trinajstić information content (AvgIpc) is 3.41. The fourth-order valence-electron chi connectivity index (χ4n) is 8.20. The van der Waals surface area contributed by atoms with Crippen LogP contribution in [0.25, 0.3) is 0 Å². The number of fused-ring (bicyclic) bond motifs is 3. The van der Waals surface area contributed by atoms with Crippen molar-refractivity contribution < 1.29 is 38.9 Å². The largest absolute Gasteiger partial charge is 0.507 e. The number of amides is 1. The lowest BCUT2D eigenvalue weighted by Gasteiger charge is -2.57. The molecule has 1 aromatic carbocycles. The Hall–Kier alpha value is -2.95. The molecule has 10 nitrogen and oxygen atoms in total. The highest BCUT2D eigenvalue weighted by Gasteiger charge is 2.73. The molecule has 0 bridgehead atoms. The lowest BCUT2D eigenvalue weighted by Crippen LogP contribution is -2.78. The summed E-state index contributed by atoms with van der Waals surface area (Å²) in [6.45, 7) is 1.86. The number of nitrogens with zero attached hydrogens (tertiary/aromatic N) is 1. The molecular weight excluding hydrogens is 516 g/mol. The van der Waals surface area contributed by atoms with E-state index in [0.717, 1.165) is 32.1 Å². The van der Waals surface area contributed by atoms with Crippen molar-refractivity contribution in [2.45, 2.75) is 69.1 Å². The Balaban J connectivity index is 1.72. The summed E-state index contributed by atoms with van der Waals surface area (Å²) < 4.78 is 6.23. The number of ketones is 4. The number of benzene rings is 1. The van der Waals surface area contributed by atoms with Crippen LogP contribution < -0.4 is 5.73 Å². The zero-order chi connectivity index (χ0) is 29.1. The average molecular weight is 555 g/mol. The number of phenols is 1. The van der Waals surface area contributed by atoms with Crippen molar-refractivity contribution in [3.8, 4) is 5.75 Å². The SMILES string of the molecule is CCO[C@@H]1[C@@H]2C(C(=O)c3c(O)cccc3[C@H]2CCC2CCCC2)C(=O)[C@@]2(O)C(=O)C(C(N)=O)C(=O)[C@H](N(C)C)[C@@H]12. The number of phenolic OH excluding ortho intramolecular Hbond substituents is 1. The van der Waals surface area contributed by atoms with Crippen molar-refractivity contribution in [1.82, 2.24) is 4.90 Å². The Morgan fingerprint density at radius 2 is 1.77 bits per heavy atom. The molecule has 3 fully saturated rings. The number of hydrogen-bond donors (Lipinski definition) is 3. The molecule has 216 valence electrons. The molecule has 40 heavy (non-hydrogen) atoms. The molecule has 8 atom stereocenters. The van der Waals surface area contributed by atoms with Crippen LogP contribution in [0.2, 0.25) is 0 Å². The molecule has 3 saturated carbocycles. The molecule has 0 radical (unpaired) electrons. The van der Waals surface area contributed by atoms with Gasteiger partial charge in [-0.15, -0.1) is 0 Å². The lowest BCUT2D eigenvalue weighted by atomic mass is 9.49. The predicted octanol–water partition coefficient (Wildman–Crippen LogP) is 1.39. The summed E-state index contributed by atoms with van der Waals surface area (Å²) in [6, 6.07) is 3.58. The highest BCUT2D eigenvalue weighted by atomic mass is 16.5. The maximum Gasteiger partial charge on any atom is 0.235 e. The van der Waals surface area contributed by atoms with E-state index in [9.17, 15) is 34.2 Å². The van der Waals surface area contributed by atoms with Crippen molar-refractivity contribution in [2.75, 3.05) is 20.7 Å². The van der Waals surface area contributed by atoms with Gasteiger partial charge in [-0.1, -0.05) is 37.8 Å². The molecular formula is C30H38N2O8. The van der Waals surface area contributed by atoms with Gasteiger partial charge in [0.15, 0.2) is 34.7 Å². The molecule has 0 spiro atoms. The number of ether oxygens (including phenoxy) is 1. The fraction of sp³-hybridized carbons (Fsp3) is 0.633. The number of Topliss-reactive ketones (excluding diaryl/α,β-unsaturated/α-hetero) is 4. The molecule has 2 unspecified atom stereocenters. The Morgan fingerprint density at radius 3 is 2.38 bits per heavy atom. The monoisotopic (exact) mass is 554 g/mol. The number of carbonyl (C=O) groups excluding carboxylic acids is 5. The Labute approximate surface area is 233 Å².